The van der Waals surface area contributed by atoms with E-state index in [-0.39, 0.29) is 35.1 Å². The van der Waals surface area contributed by atoms with Gasteiger partial charge in [0, 0.05) is 36.4 Å². The van der Waals surface area contributed by atoms with Crippen LogP contribution in [0.3, 0.4) is 0 Å². The number of hydrogen-bond donors (Lipinski definition) is 0. The maximum atomic E-state index is 14.7. The zero-order valence-corrected chi connectivity index (χ0v) is 23.5. The fourth-order valence-electron chi connectivity index (χ4n) is 5.84. The normalized spacial score (nSPS) is 21.8. The molecule has 12 heteroatoms. The zero-order valence-electron chi connectivity index (χ0n) is 21.2. The molecule has 2 aliphatic carbocycles. The summed E-state index contributed by atoms with van der Waals surface area (Å²) in [4.78, 5) is 32.2. The van der Waals surface area contributed by atoms with Gasteiger partial charge in [0.15, 0.2) is 16.7 Å². The zero-order chi connectivity index (χ0) is 27.7. The molecule has 1 saturated heterocycles. The van der Waals surface area contributed by atoms with Crippen molar-refractivity contribution in [2.45, 2.75) is 43.7 Å². The van der Waals surface area contributed by atoms with Crippen molar-refractivity contribution in [3.8, 4) is 11.3 Å². The molecule has 4 aromatic rings. The molecule has 1 aliphatic heterocycles. The minimum Gasteiger partial charge on any atom is -0.465 e. The first-order chi connectivity index (χ1) is 19.3. The lowest BCUT2D eigenvalue weighted by molar-refractivity contribution is 0.0191. The topological polar surface area (TPSA) is 94.8 Å². The van der Waals surface area contributed by atoms with Gasteiger partial charge in [-0.05, 0) is 43.5 Å². The Bertz CT molecular complexity index is 1670. The summed E-state index contributed by atoms with van der Waals surface area (Å²) in [6.45, 7) is 0.621. The van der Waals surface area contributed by atoms with Gasteiger partial charge in [-0.25, -0.2) is 19.0 Å². The van der Waals surface area contributed by atoms with Crippen LogP contribution < -0.4 is 4.90 Å². The molecule has 2 bridgehead atoms. The predicted molar refractivity (Wildman–Crippen MR) is 148 cm³/mol. The summed E-state index contributed by atoms with van der Waals surface area (Å²) in [7, 11) is 1.26. The number of anilines is 1. The summed E-state index contributed by atoms with van der Waals surface area (Å²) in [6.07, 6.45) is 2.99. The molecule has 3 heterocycles. The Balaban J connectivity index is 1.11. The number of halogens is 3. The smallest absolute Gasteiger partial charge is 0.344 e. The minimum atomic E-state index is -0.599. The van der Waals surface area contributed by atoms with E-state index >= 15 is 0 Å². The van der Waals surface area contributed by atoms with Crippen LogP contribution in [0.1, 0.15) is 58.1 Å². The second-order valence-corrected chi connectivity index (χ2v) is 12.2. The number of benzene rings is 2. The van der Waals surface area contributed by atoms with Crippen LogP contribution in [0, 0.1) is 11.7 Å². The van der Waals surface area contributed by atoms with Crippen LogP contribution in [0.5, 0.6) is 0 Å². The second-order valence-electron chi connectivity index (χ2n) is 10.4. The summed E-state index contributed by atoms with van der Waals surface area (Å²) >= 11 is 14.2. The average molecular weight is 602 g/mol. The Labute approximate surface area is 241 Å². The highest BCUT2D eigenvalue weighted by Gasteiger charge is 2.48. The van der Waals surface area contributed by atoms with Crippen LogP contribution in [-0.4, -0.2) is 47.9 Å². The van der Waals surface area contributed by atoms with Crippen LogP contribution in [0.15, 0.2) is 34.9 Å². The third kappa shape index (κ3) is 4.24. The number of carbonyl (C=O) groups excluding carboxylic acids is 2. The molecule has 3 fully saturated rings. The molecule has 7 rings (SSSR count). The van der Waals surface area contributed by atoms with E-state index < -0.39 is 17.8 Å². The van der Waals surface area contributed by atoms with Crippen molar-refractivity contribution in [2.24, 2.45) is 5.92 Å². The number of thiazole rings is 1. The maximum absolute atomic E-state index is 14.7. The minimum absolute atomic E-state index is 0.0908. The van der Waals surface area contributed by atoms with Gasteiger partial charge in [-0.15, -0.1) is 0 Å². The molecule has 2 aromatic heterocycles. The standard InChI is InChI=1S/C28H22Cl2FN3O5S/c1-37-26(35)13-8-18(31)23-20(9-13)40-28(32-23)34-11-14-7-15(34)10-19(14)38-27(36)22-24(33-39-25(22)12-5-6-12)21-16(29)3-2-4-17(21)30/h2-4,8-9,12,14-15,19H,5-7,10-11H2,1H3/t14-,15-,19-/m1/s1. The molecular formula is C28H22Cl2FN3O5S. The van der Waals surface area contributed by atoms with Gasteiger partial charge in [-0.2, -0.15) is 0 Å². The van der Waals surface area contributed by atoms with E-state index in [2.05, 4.69) is 15.0 Å². The maximum Gasteiger partial charge on any atom is 0.344 e. The summed E-state index contributed by atoms with van der Waals surface area (Å²) in [6, 6.07) is 7.95. The highest BCUT2D eigenvalue weighted by Crippen LogP contribution is 2.48. The molecule has 0 radical (unpaired) electrons. The van der Waals surface area contributed by atoms with Crippen molar-refractivity contribution in [2.75, 3.05) is 18.6 Å². The van der Waals surface area contributed by atoms with Crippen molar-refractivity contribution in [3.05, 3.63) is 63.1 Å². The lowest BCUT2D eigenvalue weighted by atomic mass is 10.0. The average Bonchev–Trinajstić information content (AvgIpc) is 3.26. The van der Waals surface area contributed by atoms with Crippen LogP contribution in [0.25, 0.3) is 21.5 Å². The number of aromatic nitrogens is 2. The predicted octanol–water partition coefficient (Wildman–Crippen LogP) is 6.89. The first kappa shape index (κ1) is 25.7. The molecule has 0 spiro atoms. The quantitative estimate of drug-likeness (QED) is 0.221. The van der Waals surface area contributed by atoms with E-state index in [0.29, 0.717) is 55.4 Å². The number of carbonyl (C=O) groups is 2. The van der Waals surface area contributed by atoms with Gasteiger partial charge in [0.05, 0.1) is 27.4 Å². The van der Waals surface area contributed by atoms with Crippen molar-refractivity contribution in [1.29, 1.82) is 0 Å². The number of esters is 2. The lowest BCUT2D eigenvalue weighted by Gasteiger charge is -2.31. The molecule has 40 heavy (non-hydrogen) atoms. The number of nitrogens with zero attached hydrogens (tertiary/aromatic N) is 3. The Morgan fingerprint density at radius 1 is 1.15 bits per heavy atom. The Hall–Kier alpha value is -3.21. The number of ether oxygens (including phenoxy) is 2. The number of piperidine rings is 1. The highest BCUT2D eigenvalue weighted by atomic mass is 35.5. The van der Waals surface area contributed by atoms with Crippen molar-refractivity contribution >= 4 is 61.8 Å². The number of methoxy groups -OCH3 is 1. The highest BCUT2D eigenvalue weighted by molar-refractivity contribution is 7.22. The molecule has 0 amide bonds. The van der Waals surface area contributed by atoms with Gasteiger partial charge in [0.2, 0.25) is 0 Å². The third-order valence-corrected chi connectivity index (χ3v) is 9.58. The fraction of sp³-hybridized carbons (Fsp3) is 0.357. The SMILES string of the molecule is COC(=O)c1cc(F)c2nc(N3C[C@H]4C[C@@H]3C[C@H]4OC(=O)c3c(-c4c(Cl)cccc4Cl)noc3C3CC3)sc2c1. The Morgan fingerprint density at radius 3 is 2.60 bits per heavy atom. The van der Waals surface area contributed by atoms with Crippen molar-refractivity contribution < 1.29 is 28.0 Å². The van der Waals surface area contributed by atoms with Gasteiger partial charge >= 0.3 is 11.9 Å². The van der Waals surface area contributed by atoms with E-state index in [4.69, 9.17) is 37.2 Å². The molecular weight excluding hydrogens is 580 g/mol. The summed E-state index contributed by atoms with van der Waals surface area (Å²) in [5.74, 6) is -0.920. The molecule has 2 aromatic carbocycles. The molecule has 2 saturated carbocycles. The largest absolute Gasteiger partial charge is 0.465 e. The van der Waals surface area contributed by atoms with Crippen LogP contribution in [-0.2, 0) is 9.47 Å². The molecule has 8 nitrogen and oxygen atoms in total. The van der Waals surface area contributed by atoms with Gasteiger partial charge < -0.3 is 18.9 Å². The van der Waals surface area contributed by atoms with Gasteiger partial charge in [0.25, 0.3) is 0 Å². The number of fused-ring (bicyclic) bond motifs is 3. The van der Waals surface area contributed by atoms with E-state index in [1.807, 2.05) is 0 Å². The fourth-order valence-corrected chi connectivity index (χ4v) is 7.51. The van der Waals surface area contributed by atoms with Crippen molar-refractivity contribution in [1.82, 2.24) is 10.1 Å². The monoisotopic (exact) mass is 601 g/mol. The van der Waals surface area contributed by atoms with Crippen LogP contribution >= 0.6 is 34.5 Å². The first-order valence-electron chi connectivity index (χ1n) is 12.9. The summed E-state index contributed by atoms with van der Waals surface area (Å²) < 4.78 is 31.7. The third-order valence-electron chi connectivity index (χ3n) is 7.91. The van der Waals surface area contributed by atoms with E-state index in [1.54, 1.807) is 24.3 Å². The molecule has 0 unspecified atom stereocenters. The Morgan fingerprint density at radius 2 is 1.93 bits per heavy atom. The molecule has 206 valence electrons. The number of rotatable bonds is 6. The lowest BCUT2D eigenvalue weighted by Crippen LogP contribution is -2.39. The van der Waals surface area contributed by atoms with Crippen LogP contribution in [0.4, 0.5) is 9.52 Å². The van der Waals surface area contributed by atoms with E-state index in [1.165, 1.54) is 18.4 Å². The van der Waals surface area contributed by atoms with E-state index in [0.717, 1.165) is 25.3 Å². The molecule has 3 atom stereocenters. The summed E-state index contributed by atoms with van der Waals surface area (Å²) in [5.41, 5.74) is 1.42. The number of hydrogen-bond acceptors (Lipinski definition) is 9. The molecule has 0 N–H and O–H groups in total. The van der Waals surface area contributed by atoms with E-state index in [9.17, 15) is 14.0 Å². The van der Waals surface area contributed by atoms with Gasteiger partial charge in [-0.1, -0.05) is 45.8 Å². The molecule has 3 aliphatic rings. The summed E-state index contributed by atoms with van der Waals surface area (Å²) in [5, 5.41) is 5.62. The van der Waals surface area contributed by atoms with Gasteiger partial charge in [-0.3, -0.25) is 0 Å². The first-order valence-corrected chi connectivity index (χ1v) is 14.5. The second kappa shape index (κ2) is 9.71. The van der Waals surface area contributed by atoms with Gasteiger partial charge in [0.1, 0.15) is 22.9 Å². The Kier molecular flexibility index (Phi) is 6.25. The van der Waals surface area contributed by atoms with Crippen molar-refractivity contribution in [3.63, 3.8) is 0 Å². The van der Waals surface area contributed by atoms with Crippen LogP contribution in [0.2, 0.25) is 10.0 Å².